The van der Waals surface area contributed by atoms with Gasteiger partial charge in [-0.3, -0.25) is 4.90 Å². The molecule has 15 heavy (non-hydrogen) atoms. The normalized spacial score (nSPS) is 28.4. The molecule has 2 atom stereocenters. The molecule has 0 saturated heterocycles. The van der Waals surface area contributed by atoms with Gasteiger partial charge in [0.05, 0.1) is 0 Å². The lowest BCUT2D eigenvalue weighted by Crippen LogP contribution is -2.51. The predicted molar refractivity (Wildman–Crippen MR) is 67.2 cm³/mol. The van der Waals surface area contributed by atoms with E-state index in [1.54, 1.807) is 0 Å². The molecule has 0 bridgehead atoms. The van der Waals surface area contributed by atoms with Crippen LogP contribution in [0.2, 0.25) is 0 Å². The van der Waals surface area contributed by atoms with E-state index in [4.69, 9.17) is 0 Å². The minimum atomic E-state index is 0.675. The van der Waals surface area contributed by atoms with Crippen LogP contribution < -0.4 is 5.32 Å². The quantitative estimate of drug-likeness (QED) is 0.721. The summed E-state index contributed by atoms with van der Waals surface area (Å²) in [6.45, 7) is 8.11. The minimum absolute atomic E-state index is 0.675. The van der Waals surface area contributed by atoms with E-state index in [-0.39, 0.29) is 0 Å². The van der Waals surface area contributed by atoms with Gasteiger partial charge >= 0.3 is 0 Å². The maximum atomic E-state index is 3.52. The highest BCUT2D eigenvalue weighted by atomic mass is 15.2. The van der Waals surface area contributed by atoms with E-state index < -0.39 is 0 Å². The Labute approximate surface area is 95.4 Å². The summed E-state index contributed by atoms with van der Waals surface area (Å²) in [6, 6.07) is 2.13. The SMILES string of the molecule is CCN(C(C)C)C1CCCCCC1NC. The third kappa shape index (κ3) is 3.46. The third-order valence-electron chi connectivity index (χ3n) is 3.80. The molecule has 0 amide bonds. The van der Waals surface area contributed by atoms with E-state index in [2.05, 4.69) is 38.0 Å². The molecule has 1 rings (SSSR count). The van der Waals surface area contributed by atoms with Crippen molar-refractivity contribution < 1.29 is 0 Å². The summed E-state index contributed by atoms with van der Waals surface area (Å²) in [4.78, 5) is 2.66. The molecule has 1 aliphatic rings. The largest absolute Gasteiger partial charge is 0.315 e. The molecular formula is C13H28N2. The van der Waals surface area contributed by atoms with Crippen LogP contribution in [0.3, 0.4) is 0 Å². The maximum absolute atomic E-state index is 3.52. The first-order valence-corrected chi connectivity index (χ1v) is 6.63. The van der Waals surface area contributed by atoms with Crippen LogP contribution in [0.1, 0.15) is 52.9 Å². The smallest absolute Gasteiger partial charge is 0.0251 e. The van der Waals surface area contributed by atoms with Crippen LogP contribution in [0.15, 0.2) is 0 Å². The summed E-state index contributed by atoms with van der Waals surface area (Å²) in [6.07, 6.45) is 6.95. The van der Waals surface area contributed by atoms with Crippen LogP contribution in [0, 0.1) is 0 Å². The summed E-state index contributed by atoms with van der Waals surface area (Å²) < 4.78 is 0. The van der Waals surface area contributed by atoms with Crippen molar-refractivity contribution in [3.8, 4) is 0 Å². The van der Waals surface area contributed by atoms with Gasteiger partial charge in [-0.05, 0) is 40.3 Å². The summed E-state index contributed by atoms with van der Waals surface area (Å²) in [5, 5.41) is 3.52. The average molecular weight is 212 g/mol. The minimum Gasteiger partial charge on any atom is -0.315 e. The van der Waals surface area contributed by atoms with Crippen molar-refractivity contribution in [1.29, 1.82) is 0 Å². The second kappa shape index (κ2) is 6.49. The van der Waals surface area contributed by atoms with Crippen LogP contribution in [0.5, 0.6) is 0 Å². The fourth-order valence-corrected chi connectivity index (χ4v) is 3.00. The molecule has 1 saturated carbocycles. The van der Waals surface area contributed by atoms with E-state index >= 15 is 0 Å². The van der Waals surface area contributed by atoms with Crippen LogP contribution in [0.25, 0.3) is 0 Å². The molecule has 2 nitrogen and oxygen atoms in total. The number of nitrogens with one attached hydrogen (secondary N) is 1. The topological polar surface area (TPSA) is 15.3 Å². The first kappa shape index (κ1) is 13.0. The molecule has 0 heterocycles. The predicted octanol–water partition coefficient (Wildman–Crippen LogP) is 2.64. The average Bonchev–Trinajstić information content (AvgIpc) is 2.44. The molecule has 0 radical (unpaired) electrons. The first-order chi connectivity index (χ1) is 7.20. The molecule has 0 aromatic rings. The highest BCUT2D eigenvalue weighted by molar-refractivity contribution is 4.87. The third-order valence-corrected chi connectivity index (χ3v) is 3.80. The number of hydrogen-bond acceptors (Lipinski definition) is 2. The zero-order valence-corrected chi connectivity index (χ0v) is 10.9. The molecule has 0 spiro atoms. The van der Waals surface area contributed by atoms with Crippen LogP contribution in [-0.2, 0) is 0 Å². The van der Waals surface area contributed by atoms with Gasteiger partial charge in [0.2, 0.25) is 0 Å². The van der Waals surface area contributed by atoms with Crippen LogP contribution in [-0.4, -0.2) is 36.6 Å². The lowest BCUT2D eigenvalue weighted by Gasteiger charge is -2.38. The molecule has 1 fully saturated rings. The number of likely N-dealkylation sites (N-methyl/N-ethyl adjacent to an activating group) is 2. The molecule has 0 aliphatic heterocycles. The van der Waals surface area contributed by atoms with Crippen LogP contribution >= 0.6 is 0 Å². The van der Waals surface area contributed by atoms with Crippen molar-refractivity contribution in [1.82, 2.24) is 10.2 Å². The lowest BCUT2D eigenvalue weighted by atomic mass is 10.00. The zero-order valence-electron chi connectivity index (χ0n) is 10.9. The zero-order chi connectivity index (χ0) is 11.3. The van der Waals surface area contributed by atoms with Crippen molar-refractivity contribution in [2.75, 3.05) is 13.6 Å². The molecule has 0 aromatic carbocycles. The molecule has 2 heteroatoms. The number of hydrogen-bond donors (Lipinski definition) is 1. The maximum Gasteiger partial charge on any atom is 0.0251 e. The summed E-state index contributed by atoms with van der Waals surface area (Å²) in [5.41, 5.74) is 0. The Hall–Kier alpha value is -0.0800. The summed E-state index contributed by atoms with van der Waals surface area (Å²) in [7, 11) is 2.12. The molecule has 2 unspecified atom stereocenters. The Balaban J connectivity index is 2.67. The Morgan fingerprint density at radius 1 is 1.20 bits per heavy atom. The number of rotatable bonds is 4. The van der Waals surface area contributed by atoms with Gasteiger partial charge < -0.3 is 5.32 Å². The summed E-state index contributed by atoms with van der Waals surface area (Å²) >= 11 is 0. The fourth-order valence-electron chi connectivity index (χ4n) is 3.00. The van der Waals surface area contributed by atoms with Crippen LogP contribution in [0.4, 0.5) is 0 Å². The number of nitrogens with zero attached hydrogens (tertiary/aromatic N) is 1. The van der Waals surface area contributed by atoms with Crippen molar-refractivity contribution >= 4 is 0 Å². The Morgan fingerprint density at radius 2 is 1.87 bits per heavy atom. The summed E-state index contributed by atoms with van der Waals surface area (Å²) in [5.74, 6) is 0. The Kier molecular flexibility index (Phi) is 5.62. The van der Waals surface area contributed by atoms with Crippen molar-refractivity contribution in [2.45, 2.75) is 71.0 Å². The second-order valence-electron chi connectivity index (χ2n) is 5.02. The molecular weight excluding hydrogens is 184 g/mol. The fraction of sp³-hybridized carbons (Fsp3) is 1.00. The van der Waals surface area contributed by atoms with Crippen molar-refractivity contribution in [2.24, 2.45) is 0 Å². The lowest BCUT2D eigenvalue weighted by molar-refractivity contribution is 0.123. The van der Waals surface area contributed by atoms with E-state index in [1.807, 2.05) is 0 Å². The standard InChI is InChI=1S/C13H28N2/c1-5-15(11(2)3)13-10-8-6-7-9-12(13)14-4/h11-14H,5-10H2,1-4H3. The van der Waals surface area contributed by atoms with Gasteiger partial charge in [0.1, 0.15) is 0 Å². The van der Waals surface area contributed by atoms with Gasteiger partial charge in [-0.15, -0.1) is 0 Å². The van der Waals surface area contributed by atoms with Gasteiger partial charge in [0.25, 0.3) is 0 Å². The van der Waals surface area contributed by atoms with Gasteiger partial charge in [0.15, 0.2) is 0 Å². The highest BCUT2D eigenvalue weighted by Crippen LogP contribution is 2.23. The van der Waals surface area contributed by atoms with Crippen molar-refractivity contribution in [3.05, 3.63) is 0 Å². The van der Waals surface area contributed by atoms with Gasteiger partial charge in [-0.2, -0.15) is 0 Å². The highest BCUT2D eigenvalue weighted by Gasteiger charge is 2.28. The monoisotopic (exact) mass is 212 g/mol. The van der Waals surface area contributed by atoms with Gasteiger partial charge in [-0.25, -0.2) is 0 Å². The van der Waals surface area contributed by atoms with Crippen molar-refractivity contribution in [3.63, 3.8) is 0 Å². The molecule has 0 aromatic heterocycles. The molecule has 1 N–H and O–H groups in total. The van der Waals surface area contributed by atoms with E-state index in [0.717, 1.165) is 6.04 Å². The first-order valence-electron chi connectivity index (χ1n) is 6.63. The Bertz CT molecular complexity index is 168. The van der Waals surface area contributed by atoms with Gasteiger partial charge in [0, 0.05) is 18.1 Å². The van der Waals surface area contributed by atoms with E-state index in [1.165, 1.54) is 38.6 Å². The molecule has 1 aliphatic carbocycles. The Morgan fingerprint density at radius 3 is 2.40 bits per heavy atom. The van der Waals surface area contributed by atoms with Gasteiger partial charge in [-0.1, -0.05) is 26.2 Å². The van der Waals surface area contributed by atoms with E-state index in [0.29, 0.717) is 12.1 Å². The molecule has 90 valence electrons. The second-order valence-corrected chi connectivity index (χ2v) is 5.02. The van der Waals surface area contributed by atoms with E-state index in [9.17, 15) is 0 Å².